The molecule has 0 unspecified atom stereocenters. The van der Waals surface area contributed by atoms with Crippen LogP contribution in [-0.2, 0) is 6.54 Å². The molecule has 2 aromatic heterocycles. The Kier molecular flexibility index (Phi) is 4.33. The molecule has 25 heavy (non-hydrogen) atoms. The molecule has 0 aliphatic carbocycles. The number of nitrogens with zero attached hydrogens (tertiary/aromatic N) is 3. The Labute approximate surface area is 148 Å². The molecular weight excluding hydrogens is 336 g/mol. The van der Waals surface area contributed by atoms with E-state index in [0.29, 0.717) is 30.2 Å². The van der Waals surface area contributed by atoms with Gasteiger partial charge in [-0.15, -0.1) is 11.3 Å². The van der Waals surface area contributed by atoms with Gasteiger partial charge in [-0.1, -0.05) is 18.2 Å². The molecule has 0 saturated carbocycles. The van der Waals surface area contributed by atoms with Gasteiger partial charge < -0.3 is 9.88 Å². The maximum atomic E-state index is 12.5. The Morgan fingerprint density at radius 3 is 2.64 bits per heavy atom. The summed E-state index contributed by atoms with van der Waals surface area (Å²) in [5.74, 6) is 0.755. The summed E-state index contributed by atoms with van der Waals surface area (Å²) in [6, 6.07) is 11.2. The summed E-state index contributed by atoms with van der Waals surface area (Å²) < 4.78 is 0.669. The van der Waals surface area contributed by atoms with Gasteiger partial charge in [0, 0.05) is 31.7 Å². The summed E-state index contributed by atoms with van der Waals surface area (Å²) in [6.07, 6.45) is 0. The van der Waals surface area contributed by atoms with Crippen molar-refractivity contribution in [1.82, 2.24) is 19.8 Å². The van der Waals surface area contributed by atoms with Crippen LogP contribution in [-0.4, -0.2) is 51.9 Å². The third-order valence-corrected chi connectivity index (χ3v) is 5.32. The van der Waals surface area contributed by atoms with Crippen molar-refractivity contribution >= 4 is 27.5 Å². The second-order valence-electron chi connectivity index (χ2n) is 6.08. The van der Waals surface area contributed by atoms with E-state index < -0.39 is 0 Å². The fourth-order valence-corrected chi connectivity index (χ4v) is 3.81. The van der Waals surface area contributed by atoms with E-state index in [0.717, 1.165) is 24.2 Å². The SMILES string of the molecule is O=C(c1ccccc1)N1CCN(Cc2nc3ccsc3c(=O)[nH]2)CC1. The zero-order valence-electron chi connectivity index (χ0n) is 13.6. The zero-order chi connectivity index (χ0) is 17.2. The highest BCUT2D eigenvalue weighted by atomic mass is 32.1. The largest absolute Gasteiger partial charge is 0.336 e. The molecule has 4 rings (SSSR count). The van der Waals surface area contributed by atoms with Crippen LogP contribution in [0, 0.1) is 0 Å². The van der Waals surface area contributed by atoms with E-state index in [-0.39, 0.29) is 11.5 Å². The summed E-state index contributed by atoms with van der Waals surface area (Å²) in [4.78, 5) is 36.0. The van der Waals surface area contributed by atoms with E-state index in [1.54, 1.807) is 0 Å². The van der Waals surface area contributed by atoms with Gasteiger partial charge in [0.2, 0.25) is 0 Å². The molecule has 1 fully saturated rings. The summed E-state index contributed by atoms with van der Waals surface area (Å²) in [5.41, 5.74) is 1.40. The number of nitrogens with one attached hydrogen (secondary N) is 1. The zero-order valence-corrected chi connectivity index (χ0v) is 14.5. The van der Waals surface area contributed by atoms with Crippen LogP contribution < -0.4 is 5.56 Å². The number of thiophene rings is 1. The fraction of sp³-hybridized carbons (Fsp3) is 0.278. The molecule has 0 spiro atoms. The van der Waals surface area contributed by atoms with Crippen molar-refractivity contribution in [2.75, 3.05) is 26.2 Å². The van der Waals surface area contributed by atoms with Crippen LogP contribution in [0.15, 0.2) is 46.6 Å². The second kappa shape index (κ2) is 6.78. The number of fused-ring (bicyclic) bond motifs is 1. The van der Waals surface area contributed by atoms with E-state index in [1.807, 2.05) is 46.7 Å². The third-order valence-electron chi connectivity index (χ3n) is 4.42. The topological polar surface area (TPSA) is 69.3 Å². The number of hydrogen-bond donors (Lipinski definition) is 1. The minimum atomic E-state index is -0.0760. The van der Waals surface area contributed by atoms with Crippen molar-refractivity contribution in [2.45, 2.75) is 6.54 Å². The van der Waals surface area contributed by atoms with Crippen LogP contribution >= 0.6 is 11.3 Å². The van der Waals surface area contributed by atoms with Gasteiger partial charge >= 0.3 is 0 Å². The van der Waals surface area contributed by atoms with Crippen LogP contribution in [0.2, 0.25) is 0 Å². The molecule has 1 aliphatic rings. The highest BCUT2D eigenvalue weighted by molar-refractivity contribution is 7.17. The standard InChI is InChI=1S/C18H18N4O2S/c23-17-16-14(6-11-25-16)19-15(20-17)12-21-7-9-22(10-8-21)18(24)13-4-2-1-3-5-13/h1-6,11H,7-10,12H2,(H,19,20,23). The number of aromatic amines is 1. The summed E-state index contributed by atoms with van der Waals surface area (Å²) in [6.45, 7) is 3.49. The average molecular weight is 354 g/mol. The Balaban J connectivity index is 1.40. The number of hydrogen-bond acceptors (Lipinski definition) is 5. The monoisotopic (exact) mass is 354 g/mol. The molecule has 6 nitrogen and oxygen atoms in total. The number of benzene rings is 1. The van der Waals surface area contributed by atoms with Crippen molar-refractivity contribution in [3.05, 3.63) is 63.5 Å². The van der Waals surface area contributed by atoms with Crippen molar-refractivity contribution in [3.8, 4) is 0 Å². The Morgan fingerprint density at radius 1 is 1.12 bits per heavy atom. The molecule has 1 saturated heterocycles. The molecule has 1 amide bonds. The molecule has 3 heterocycles. The average Bonchev–Trinajstić information content (AvgIpc) is 3.12. The Hall–Kier alpha value is -2.51. The lowest BCUT2D eigenvalue weighted by molar-refractivity contribution is 0.0625. The van der Waals surface area contributed by atoms with Crippen LogP contribution in [0.5, 0.6) is 0 Å². The van der Waals surface area contributed by atoms with Crippen LogP contribution in [0.3, 0.4) is 0 Å². The van der Waals surface area contributed by atoms with Crippen molar-refractivity contribution < 1.29 is 4.79 Å². The van der Waals surface area contributed by atoms with Crippen LogP contribution in [0.25, 0.3) is 10.2 Å². The predicted octanol–water partition coefficient (Wildman–Crippen LogP) is 1.94. The number of amides is 1. The summed E-state index contributed by atoms with van der Waals surface area (Å²) in [5, 5.41) is 1.88. The first-order valence-corrected chi connectivity index (χ1v) is 9.12. The lowest BCUT2D eigenvalue weighted by Crippen LogP contribution is -2.48. The molecule has 0 atom stereocenters. The van der Waals surface area contributed by atoms with Crippen molar-refractivity contribution in [1.29, 1.82) is 0 Å². The van der Waals surface area contributed by atoms with E-state index in [9.17, 15) is 9.59 Å². The van der Waals surface area contributed by atoms with Gasteiger partial charge in [0.15, 0.2) is 0 Å². The van der Waals surface area contributed by atoms with Crippen molar-refractivity contribution in [3.63, 3.8) is 0 Å². The van der Waals surface area contributed by atoms with E-state index in [4.69, 9.17) is 0 Å². The number of rotatable bonds is 3. The Morgan fingerprint density at radius 2 is 1.88 bits per heavy atom. The first-order chi connectivity index (χ1) is 12.2. The highest BCUT2D eigenvalue weighted by Crippen LogP contribution is 2.15. The first kappa shape index (κ1) is 16.0. The van der Waals surface area contributed by atoms with E-state index in [1.165, 1.54) is 11.3 Å². The molecule has 1 N–H and O–H groups in total. The van der Waals surface area contributed by atoms with Gasteiger partial charge in [0.05, 0.1) is 12.1 Å². The van der Waals surface area contributed by atoms with E-state index >= 15 is 0 Å². The number of carbonyl (C=O) groups excluding carboxylic acids is 1. The molecular formula is C18H18N4O2S. The third kappa shape index (κ3) is 3.33. The predicted molar refractivity (Wildman–Crippen MR) is 97.9 cm³/mol. The first-order valence-electron chi connectivity index (χ1n) is 8.24. The van der Waals surface area contributed by atoms with Crippen LogP contribution in [0.1, 0.15) is 16.2 Å². The smallest absolute Gasteiger partial charge is 0.268 e. The minimum absolute atomic E-state index is 0.0754. The maximum Gasteiger partial charge on any atom is 0.268 e. The second-order valence-corrected chi connectivity index (χ2v) is 7.00. The Bertz CT molecular complexity index is 942. The van der Waals surface area contributed by atoms with Gasteiger partial charge in [0.1, 0.15) is 10.5 Å². The molecule has 1 aromatic carbocycles. The number of aromatic nitrogens is 2. The molecule has 0 bridgehead atoms. The minimum Gasteiger partial charge on any atom is -0.336 e. The quantitative estimate of drug-likeness (QED) is 0.780. The normalized spacial score (nSPS) is 15.6. The lowest BCUT2D eigenvalue weighted by atomic mass is 10.2. The fourth-order valence-electron chi connectivity index (χ4n) is 3.08. The maximum absolute atomic E-state index is 12.5. The number of piperazine rings is 1. The molecule has 3 aromatic rings. The molecule has 128 valence electrons. The lowest BCUT2D eigenvalue weighted by Gasteiger charge is -2.34. The number of H-pyrrole nitrogens is 1. The van der Waals surface area contributed by atoms with Gasteiger partial charge in [-0.05, 0) is 23.6 Å². The molecule has 0 radical (unpaired) electrons. The van der Waals surface area contributed by atoms with Gasteiger partial charge in [0.25, 0.3) is 11.5 Å². The van der Waals surface area contributed by atoms with E-state index in [2.05, 4.69) is 14.9 Å². The highest BCUT2D eigenvalue weighted by Gasteiger charge is 2.22. The molecule has 1 aliphatic heterocycles. The van der Waals surface area contributed by atoms with Gasteiger partial charge in [-0.2, -0.15) is 0 Å². The number of carbonyl (C=O) groups is 1. The van der Waals surface area contributed by atoms with Crippen LogP contribution in [0.4, 0.5) is 0 Å². The molecule has 7 heteroatoms. The van der Waals surface area contributed by atoms with Gasteiger partial charge in [-0.3, -0.25) is 14.5 Å². The van der Waals surface area contributed by atoms with Crippen molar-refractivity contribution in [2.24, 2.45) is 0 Å². The van der Waals surface area contributed by atoms with Gasteiger partial charge in [-0.25, -0.2) is 4.98 Å². The summed E-state index contributed by atoms with van der Waals surface area (Å²) >= 11 is 1.41. The summed E-state index contributed by atoms with van der Waals surface area (Å²) in [7, 11) is 0.